The summed E-state index contributed by atoms with van der Waals surface area (Å²) >= 11 is 0. The molecular weight excluding hydrogens is 332 g/mol. The Morgan fingerprint density at radius 3 is 2.65 bits per heavy atom. The number of benzene rings is 1. The first kappa shape index (κ1) is 17.5. The van der Waals surface area contributed by atoms with Crippen molar-refractivity contribution >= 4 is 5.78 Å². The van der Waals surface area contributed by atoms with Crippen molar-refractivity contribution in [3.8, 4) is 11.5 Å². The summed E-state index contributed by atoms with van der Waals surface area (Å²) in [6, 6.07) is 3.72. The first-order valence-electron chi connectivity index (χ1n) is 9.34. The molecule has 3 aliphatic rings. The summed E-state index contributed by atoms with van der Waals surface area (Å²) in [5.74, 6) is 1.95. The van der Waals surface area contributed by atoms with Crippen molar-refractivity contribution in [2.24, 2.45) is 0 Å². The Labute approximate surface area is 154 Å². The van der Waals surface area contributed by atoms with Gasteiger partial charge in [-0.05, 0) is 44.5 Å². The minimum absolute atomic E-state index is 0.0211. The van der Waals surface area contributed by atoms with E-state index in [4.69, 9.17) is 14.2 Å². The molecule has 1 saturated heterocycles. The number of carbonyl (C=O) groups excluding carboxylic acids is 1. The van der Waals surface area contributed by atoms with Gasteiger partial charge in [-0.1, -0.05) is 0 Å². The van der Waals surface area contributed by atoms with Gasteiger partial charge in [-0.3, -0.25) is 14.6 Å². The number of allylic oxidation sites excluding steroid dienone is 2. The van der Waals surface area contributed by atoms with Crippen LogP contribution in [0.25, 0.3) is 0 Å². The molecule has 3 aliphatic heterocycles. The zero-order chi connectivity index (χ0) is 18.1. The zero-order valence-electron chi connectivity index (χ0n) is 15.5. The van der Waals surface area contributed by atoms with Crippen LogP contribution < -0.4 is 9.47 Å². The lowest BCUT2D eigenvalue weighted by Crippen LogP contribution is -2.39. The van der Waals surface area contributed by atoms with Crippen LogP contribution in [0.1, 0.15) is 36.2 Å². The Kier molecular flexibility index (Phi) is 4.98. The number of hydrogen-bond donors (Lipinski definition) is 0. The Bertz CT molecular complexity index is 734. The van der Waals surface area contributed by atoms with E-state index < -0.39 is 0 Å². The number of nitrogens with zero attached hydrogens (tertiary/aromatic N) is 2. The zero-order valence-corrected chi connectivity index (χ0v) is 15.5. The smallest absolute Gasteiger partial charge is 0.231 e. The molecule has 0 radical (unpaired) electrons. The van der Waals surface area contributed by atoms with Crippen molar-refractivity contribution in [3.05, 3.63) is 34.6 Å². The van der Waals surface area contributed by atoms with Gasteiger partial charge in [0.15, 0.2) is 5.76 Å². The molecule has 0 amide bonds. The minimum atomic E-state index is -0.0211. The molecule has 26 heavy (non-hydrogen) atoms. The van der Waals surface area contributed by atoms with Crippen LogP contribution >= 0.6 is 0 Å². The van der Waals surface area contributed by atoms with E-state index in [0.29, 0.717) is 23.8 Å². The lowest BCUT2D eigenvalue weighted by molar-refractivity contribution is 0.0329. The lowest BCUT2D eigenvalue weighted by atomic mass is 10.0. The van der Waals surface area contributed by atoms with Gasteiger partial charge < -0.3 is 14.2 Å². The van der Waals surface area contributed by atoms with Crippen molar-refractivity contribution in [1.82, 2.24) is 9.80 Å². The molecule has 0 N–H and O–H groups in total. The Morgan fingerprint density at radius 1 is 1.12 bits per heavy atom. The van der Waals surface area contributed by atoms with Crippen LogP contribution in [0.5, 0.6) is 11.5 Å². The lowest BCUT2D eigenvalue weighted by Gasteiger charge is -2.31. The fourth-order valence-electron chi connectivity index (χ4n) is 3.71. The van der Waals surface area contributed by atoms with E-state index in [2.05, 4.69) is 9.80 Å². The van der Waals surface area contributed by atoms with Crippen LogP contribution in [0, 0.1) is 0 Å². The van der Waals surface area contributed by atoms with Gasteiger partial charge in [0.1, 0.15) is 18.2 Å². The first-order valence-corrected chi connectivity index (χ1v) is 9.34. The van der Waals surface area contributed by atoms with E-state index in [1.807, 2.05) is 26.0 Å². The van der Waals surface area contributed by atoms with Crippen LogP contribution in [0.15, 0.2) is 23.5 Å². The molecule has 0 saturated carbocycles. The summed E-state index contributed by atoms with van der Waals surface area (Å²) < 4.78 is 17.2. The van der Waals surface area contributed by atoms with E-state index in [1.54, 1.807) is 0 Å². The monoisotopic (exact) mass is 358 g/mol. The van der Waals surface area contributed by atoms with E-state index in [-0.39, 0.29) is 5.78 Å². The minimum Gasteiger partial charge on any atom is -0.478 e. The standard InChI is InChI=1S/C20H26N2O4/c1-14(2)19-18(23)15-4-5-17-16(20(15)26-19)12-22(13-25-17)7-3-6-21-8-10-24-11-9-21/h4-5H,3,6-13H2,1-2H3. The highest BCUT2D eigenvalue weighted by atomic mass is 16.5. The van der Waals surface area contributed by atoms with Crippen molar-refractivity contribution in [2.45, 2.75) is 26.8 Å². The number of morpholine rings is 1. The fraction of sp³-hybridized carbons (Fsp3) is 0.550. The maximum atomic E-state index is 12.5. The molecule has 0 spiro atoms. The number of ketones is 1. The van der Waals surface area contributed by atoms with Crippen LogP contribution in [0.2, 0.25) is 0 Å². The van der Waals surface area contributed by atoms with Crippen LogP contribution in [-0.4, -0.2) is 61.7 Å². The third kappa shape index (κ3) is 3.37. The Morgan fingerprint density at radius 2 is 1.88 bits per heavy atom. The fourth-order valence-corrected chi connectivity index (χ4v) is 3.71. The predicted molar refractivity (Wildman–Crippen MR) is 97.6 cm³/mol. The number of rotatable bonds is 4. The molecule has 0 bridgehead atoms. The van der Waals surface area contributed by atoms with Gasteiger partial charge in [-0.15, -0.1) is 0 Å². The van der Waals surface area contributed by atoms with Gasteiger partial charge in [0.05, 0.1) is 24.3 Å². The summed E-state index contributed by atoms with van der Waals surface area (Å²) in [4.78, 5) is 17.2. The third-order valence-electron chi connectivity index (χ3n) is 5.16. The quantitative estimate of drug-likeness (QED) is 0.771. The average molecular weight is 358 g/mol. The molecule has 6 nitrogen and oxygen atoms in total. The van der Waals surface area contributed by atoms with Crippen LogP contribution in [0.4, 0.5) is 0 Å². The molecule has 0 aromatic heterocycles. The molecule has 1 fully saturated rings. The van der Waals surface area contributed by atoms with E-state index in [0.717, 1.165) is 69.2 Å². The maximum Gasteiger partial charge on any atom is 0.231 e. The van der Waals surface area contributed by atoms with Gasteiger partial charge in [-0.2, -0.15) is 0 Å². The predicted octanol–water partition coefficient (Wildman–Crippen LogP) is 2.43. The van der Waals surface area contributed by atoms with Gasteiger partial charge in [0, 0.05) is 26.2 Å². The molecule has 1 aromatic carbocycles. The summed E-state index contributed by atoms with van der Waals surface area (Å²) in [5, 5.41) is 0. The number of ether oxygens (including phenoxy) is 3. The van der Waals surface area contributed by atoms with E-state index in [1.165, 1.54) is 0 Å². The normalized spacial score (nSPS) is 20.4. The van der Waals surface area contributed by atoms with E-state index in [9.17, 15) is 4.79 Å². The second-order valence-electron chi connectivity index (χ2n) is 7.31. The maximum absolute atomic E-state index is 12.5. The molecule has 0 atom stereocenters. The number of fused-ring (bicyclic) bond motifs is 3. The van der Waals surface area contributed by atoms with Gasteiger partial charge in [-0.25, -0.2) is 0 Å². The summed E-state index contributed by atoms with van der Waals surface area (Å²) in [6.45, 7) is 10.9. The molecule has 6 heteroatoms. The summed E-state index contributed by atoms with van der Waals surface area (Å²) in [6.07, 6.45) is 1.09. The van der Waals surface area contributed by atoms with Crippen LogP contribution in [-0.2, 0) is 11.3 Å². The third-order valence-corrected chi connectivity index (χ3v) is 5.16. The number of hydrogen-bond acceptors (Lipinski definition) is 6. The Hall–Kier alpha value is -1.89. The highest BCUT2D eigenvalue weighted by molar-refractivity contribution is 6.13. The highest BCUT2D eigenvalue weighted by Gasteiger charge is 2.34. The first-order chi connectivity index (χ1) is 12.6. The van der Waals surface area contributed by atoms with Crippen molar-refractivity contribution < 1.29 is 19.0 Å². The Balaban J connectivity index is 1.42. The van der Waals surface area contributed by atoms with Crippen molar-refractivity contribution in [1.29, 1.82) is 0 Å². The van der Waals surface area contributed by atoms with Crippen molar-refractivity contribution in [2.75, 3.05) is 46.1 Å². The van der Waals surface area contributed by atoms with Crippen molar-refractivity contribution in [3.63, 3.8) is 0 Å². The average Bonchev–Trinajstić information content (AvgIpc) is 3.00. The highest BCUT2D eigenvalue weighted by Crippen LogP contribution is 2.42. The van der Waals surface area contributed by atoms with Gasteiger partial charge >= 0.3 is 0 Å². The molecule has 140 valence electrons. The number of carbonyl (C=O) groups is 1. The van der Waals surface area contributed by atoms with Gasteiger partial charge in [0.25, 0.3) is 0 Å². The van der Waals surface area contributed by atoms with Gasteiger partial charge in [0.2, 0.25) is 5.78 Å². The second-order valence-corrected chi connectivity index (χ2v) is 7.31. The van der Waals surface area contributed by atoms with Crippen LogP contribution in [0.3, 0.4) is 0 Å². The summed E-state index contributed by atoms with van der Waals surface area (Å²) in [5.41, 5.74) is 2.54. The second kappa shape index (κ2) is 7.39. The molecule has 0 unspecified atom stereocenters. The molecule has 1 aromatic rings. The largest absolute Gasteiger partial charge is 0.478 e. The number of Topliss-reactive ketones (excluding diaryl/α,β-unsaturated/α-hetero) is 1. The molecule has 0 aliphatic carbocycles. The molecular formula is C20H26N2O4. The SMILES string of the molecule is CC(C)=C1Oc2c(ccc3c2CN(CCCN2CCOCC2)CO3)C1=O. The van der Waals surface area contributed by atoms with E-state index >= 15 is 0 Å². The topological polar surface area (TPSA) is 51.2 Å². The molecule has 3 heterocycles. The molecule has 4 rings (SSSR count). The summed E-state index contributed by atoms with van der Waals surface area (Å²) in [7, 11) is 0.